The highest BCUT2D eigenvalue weighted by molar-refractivity contribution is 5.85. The Bertz CT molecular complexity index is 297. The number of carbonyl (C=O) groups excluding carboxylic acids is 2. The standard InChI is InChI=1S/C13H25N3O2.ClH/c1-13(2,3)16-11(17)6-8-15-12(18)10-5-4-7-14-9-10;/h10,14H,4-9H2,1-3H3,(H,15,18)(H,16,17);1H. The molecule has 0 saturated carbocycles. The van der Waals surface area contributed by atoms with Crippen LogP contribution >= 0.6 is 12.4 Å². The molecule has 0 aromatic heterocycles. The van der Waals surface area contributed by atoms with Crippen LogP contribution in [0.3, 0.4) is 0 Å². The molecular weight excluding hydrogens is 266 g/mol. The number of carbonyl (C=O) groups is 2. The molecule has 6 heteroatoms. The molecule has 0 spiro atoms. The van der Waals surface area contributed by atoms with E-state index in [9.17, 15) is 9.59 Å². The molecule has 0 aromatic rings. The third-order valence-electron chi connectivity index (χ3n) is 2.83. The highest BCUT2D eigenvalue weighted by Gasteiger charge is 2.20. The van der Waals surface area contributed by atoms with Gasteiger partial charge in [-0.15, -0.1) is 12.4 Å². The van der Waals surface area contributed by atoms with Crippen LogP contribution in [0.4, 0.5) is 0 Å². The lowest BCUT2D eigenvalue weighted by Gasteiger charge is -2.22. The van der Waals surface area contributed by atoms with Crippen LogP contribution in [-0.4, -0.2) is 37.0 Å². The Morgan fingerprint density at radius 1 is 1.32 bits per heavy atom. The Hall–Kier alpha value is -0.810. The third-order valence-corrected chi connectivity index (χ3v) is 2.83. The summed E-state index contributed by atoms with van der Waals surface area (Å²) in [7, 11) is 0. The second-order valence-electron chi connectivity index (χ2n) is 5.88. The van der Waals surface area contributed by atoms with Crippen LogP contribution in [0.15, 0.2) is 0 Å². The molecule has 1 heterocycles. The van der Waals surface area contributed by atoms with Gasteiger partial charge in [0.15, 0.2) is 0 Å². The molecule has 0 aliphatic carbocycles. The number of hydrogen-bond donors (Lipinski definition) is 3. The predicted molar refractivity (Wildman–Crippen MR) is 78.4 cm³/mol. The van der Waals surface area contributed by atoms with Crippen molar-refractivity contribution in [3.8, 4) is 0 Å². The van der Waals surface area contributed by atoms with Gasteiger partial charge in [0.2, 0.25) is 11.8 Å². The highest BCUT2D eigenvalue weighted by atomic mass is 35.5. The minimum atomic E-state index is -0.214. The van der Waals surface area contributed by atoms with E-state index in [0.717, 1.165) is 25.9 Å². The molecule has 1 fully saturated rings. The average Bonchev–Trinajstić information content (AvgIpc) is 2.27. The van der Waals surface area contributed by atoms with Gasteiger partial charge in [-0.05, 0) is 40.2 Å². The highest BCUT2D eigenvalue weighted by Crippen LogP contribution is 2.09. The summed E-state index contributed by atoms with van der Waals surface area (Å²) >= 11 is 0. The Morgan fingerprint density at radius 2 is 2.00 bits per heavy atom. The van der Waals surface area contributed by atoms with E-state index in [1.807, 2.05) is 20.8 Å². The zero-order valence-corrected chi connectivity index (χ0v) is 12.9. The van der Waals surface area contributed by atoms with Crippen LogP contribution in [-0.2, 0) is 9.59 Å². The second kappa shape index (κ2) is 8.38. The minimum Gasteiger partial charge on any atom is -0.355 e. The van der Waals surface area contributed by atoms with Crippen molar-refractivity contribution in [2.75, 3.05) is 19.6 Å². The Balaban J connectivity index is 0.00000324. The Labute approximate surface area is 121 Å². The molecule has 112 valence electrons. The summed E-state index contributed by atoms with van der Waals surface area (Å²) in [6.07, 6.45) is 2.32. The van der Waals surface area contributed by atoms with Crippen molar-refractivity contribution in [3.63, 3.8) is 0 Å². The van der Waals surface area contributed by atoms with E-state index < -0.39 is 0 Å². The molecule has 1 aliphatic heterocycles. The predicted octanol–water partition coefficient (Wildman–Crippen LogP) is 0.829. The first kappa shape index (κ1) is 18.2. The fourth-order valence-corrected chi connectivity index (χ4v) is 2.00. The maximum Gasteiger partial charge on any atom is 0.224 e. The molecule has 5 nitrogen and oxygen atoms in total. The molecule has 1 aliphatic rings. The van der Waals surface area contributed by atoms with Gasteiger partial charge in [0, 0.05) is 25.0 Å². The van der Waals surface area contributed by atoms with Crippen molar-refractivity contribution >= 4 is 24.2 Å². The topological polar surface area (TPSA) is 70.2 Å². The van der Waals surface area contributed by atoms with Gasteiger partial charge in [-0.3, -0.25) is 9.59 Å². The van der Waals surface area contributed by atoms with E-state index in [-0.39, 0.29) is 35.7 Å². The monoisotopic (exact) mass is 291 g/mol. The maximum atomic E-state index is 11.8. The summed E-state index contributed by atoms with van der Waals surface area (Å²) in [5, 5.41) is 8.90. The van der Waals surface area contributed by atoms with Crippen molar-refractivity contribution in [1.29, 1.82) is 0 Å². The van der Waals surface area contributed by atoms with E-state index >= 15 is 0 Å². The number of hydrogen-bond acceptors (Lipinski definition) is 3. The normalized spacial score (nSPS) is 19.2. The molecule has 19 heavy (non-hydrogen) atoms. The van der Waals surface area contributed by atoms with E-state index in [4.69, 9.17) is 0 Å². The van der Waals surface area contributed by atoms with Gasteiger partial charge in [0.1, 0.15) is 0 Å². The summed E-state index contributed by atoms with van der Waals surface area (Å²) in [4.78, 5) is 23.3. The fraction of sp³-hybridized carbons (Fsp3) is 0.846. The van der Waals surface area contributed by atoms with Crippen LogP contribution in [0, 0.1) is 5.92 Å². The van der Waals surface area contributed by atoms with Crippen molar-refractivity contribution in [3.05, 3.63) is 0 Å². The molecule has 1 atom stereocenters. The van der Waals surface area contributed by atoms with Gasteiger partial charge in [-0.2, -0.15) is 0 Å². The summed E-state index contributed by atoms with van der Waals surface area (Å²) in [5.41, 5.74) is -0.214. The zero-order valence-electron chi connectivity index (χ0n) is 12.0. The van der Waals surface area contributed by atoms with Gasteiger partial charge in [0.25, 0.3) is 0 Å². The van der Waals surface area contributed by atoms with E-state index in [2.05, 4.69) is 16.0 Å². The minimum absolute atomic E-state index is 0. The first-order chi connectivity index (χ1) is 8.38. The molecule has 1 saturated heterocycles. The maximum absolute atomic E-state index is 11.8. The molecule has 0 aromatic carbocycles. The lowest BCUT2D eigenvalue weighted by molar-refractivity contribution is -0.125. The number of piperidine rings is 1. The SMILES string of the molecule is CC(C)(C)NC(=O)CCNC(=O)C1CCCNC1.Cl. The molecule has 1 rings (SSSR count). The Morgan fingerprint density at radius 3 is 2.53 bits per heavy atom. The van der Waals surface area contributed by atoms with Crippen molar-refractivity contribution in [2.45, 2.75) is 45.6 Å². The second-order valence-corrected chi connectivity index (χ2v) is 5.88. The summed E-state index contributed by atoms with van der Waals surface area (Å²) in [6, 6.07) is 0. The van der Waals surface area contributed by atoms with Crippen LogP contribution in [0.25, 0.3) is 0 Å². The van der Waals surface area contributed by atoms with Crippen LogP contribution in [0.2, 0.25) is 0 Å². The zero-order chi connectivity index (χ0) is 13.6. The first-order valence-corrected chi connectivity index (χ1v) is 6.68. The largest absolute Gasteiger partial charge is 0.355 e. The molecule has 0 bridgehead atoms. The van der Waals surface area contributed by atoms with Crippen molar-refractivity contribution in [1.82, 2.24) is 16.0 Å². The van der Waals surface area contributed by atoms with E-state index in [1.165, 1.54) is 0 Å². The smallest absolute Gasteiger partial charge is 0.224 e. The number of nitrogens with one attached hydrogen (secondary N) is 3. The summed E-state index contributed by atoms with van der Waals surface area (Å²) in [5.74, 6) is 0.0970. The molecule has 3 N–H and O–H groups in total. The van der Waals surface area contributed by atoms with Gasteiger partial charge < -0.3 is 16.0 Å². The molecule has 0 radical (unpaired) electrons. The van der Waals surface area contributed by atoms with Gasteiger partial charge in [0.05, 0.1) is 5.92 Å². The molecule has 2 amide bonds. The first-order valence-electron chi connectivity index (χ1n) is 6.68. The molecular formula is C13H26ClN3O2. The van der Waals surface area contributed by atoms with Crippen molar-refractivity contribution in [2.24, 2.45) is 5.92 Å². The number of halogens is 1. The lowest BCUT2D eigenvalue weighted by Crippen LogP contribution is -2.44. The van der Waals surface area contributed by atoms with Gasteiger partial charge in [-0.1, -0.05) is 0 Å². The van der Waals surface area contributed by atoms with Crippen LogP contribution in [0.1, 0.15) is 40.0 Å². The van der Waals surface area contributed by atoms with E-state index in [0.29, 0.717) is 13.0 Å². The van der Waals surface area contributed by atoms with Gasteiger partial charge >= 0.3 is 0 Å². The third kappa shape index (κ3) is 8.06. The van der Waals surface area contributed by atoms with Crippen LogP contribution < -0.4 is 16.0 Å². The van der Waals surface area contributed by atoms with E-state index in [1.54, 1.807) is 0 Å². The fourth-order valence-electron chi connectivity index (χ4n) is 2.00. The quantitative estimate of drug-likeness (QED) is 0.718. The van der Waals surface area contributed by atoms with Gasteiger partial charge in [-0.25, -0.2) is 0 Å². The number of rotatable bonds is 4. The van der Waals surface area contributed by atoms with Crippen molar-refractivity contribution < 1.29 is 9.59 Å². The average molecular weight is 292 g/mol. The Kier molecular flexibility index (Phi) is 8.02. The summed E-state index contributed by atoms with van der Waals surface area (Å²) in [6.45, 7) is 7.99. The molecule has 1 unspecified atom stereocenters. The number of amides is 2. The lowest BCUT2D eigenvalue weighted by atomic mass is 9.99. The summed E-state index contributed by atoms with van der Waals surface area (Å²) < 4.78 is 0. The van der Waals surface area contributed by atoms with Crippen LogP contribution in [0.5, 0.6) is 0 Å².